The molecule has 1 fully saturated rings. The summed E-state index contributed by atoms with van der Waals surface area (Å²) >= 11 is 0. The third-order valence-corrected chi connectivity index (χ3v) is 4.83. The van der Waals surface area contributed by atoms with Gasteiger partial charge in [-0.2, -0.15) is 0 Å². The minimum Gasteiger partial charge on any atom is -0.351 e. The van der Waals surface area contributed by atoms with Gasteiger partial charge in [0.1, 0.15) is 0 Å². The van der Waals surface area contributed by atoms with E-state index in [2.05, 4.69) is 46.5 Å². The van der Waals surface area contributed by atoms with Crippen LogP contribution in [-0.2, 0) is 0 Å². The van der Waals surface area contributed by atoms with Crippen molar-refractivity contribution in [3.8, 4) is 0 Å². The van der Waals surface area contributed by atoms with Crippen molar-refractivity contribution in [3.63, 3.8) is 0 Å². The Balaban J connectivity index is 1.43. The van der Waals surface area contributed by atoms with Crippen LogP contribution in [0.1, 0.15) is 18.9 Å². The molecule has 1 aliphatic rings. The second-order valence-electron chi connectivity index (χ2n) is 6.31. The fourth-order valence-electron chi connectivity index (χ4n) is 3.49. The highest BCUT2D eigenvalue weighted by Crippen LogP contribution is 2.25. The van der Waals surface area contributed by atoms with Crippen LogP contribution in [0, 0.1) is 0 Å². The number of anilines is 1. The topological polar surface area (TPSA) is 37.3 Å². The second kappa shape index (κ2) is 6.40. The number of aromatic nitrogens is 1. The predicted octanol–water partition coefficient (Wildman–Crippen LogP) is 4.51. The molecule has 4 rings (SSSR count). The van der Waals surface area contributed by atoms with Gasteiger partial charge in [0.05, 0.1) is 5.69 Å². The highest BCUT2D eigenvalue weighted by Gasteiger charge is 2.23. The number of likely N-dealkylation sites (tertiary alicyclic amines) is 1. The van der Waals surface area contributed by atoms with Gasteiger partial charge < -0.3 is 14.8 Å². The van der Waals surface area contributed by atoms with E-state index in [-0.39, 0.29) is 6.03 Å². The van der Waals surface area contributed by atoms with Gasteiger partial charge in [-0.25, -0.2) is 4.79 Å². The molecule has 1 aliphatic heterocycles. The molecule has 2 aromatic carbocycles. The van der Waals surface area contributed by atoms with E-state index in [1.54, 1.807) is 0 Å². The monoisotopic (exact) mass is 319 g/mol. The van der Waals surface area contributed by atoms with E-state index >= 15 is 0 Å². The summed E-state index contributed by atoms with van der Waals surface area (Å²) in [6, 6.07) is 18.7. The summed E-state index contributed by atoms with van der Waals surface area (Å²) in [6.07, 6.45) is 6.21. The zero-order valence-electron chi connectivity index (χ0n) is 13.6. The molecule has 0 atom stereocenters. The molecule has 0 spiro atoms. The van der Waals surface area contributed by atoms with Crippen LogP contribution in [0.4, 0.5) is 10.5 Å². The standard InChI is InChI=1S/C20H21N3O/c24-20(21-19-9-5-7-16-6-1-2-8-18(16)19)23-14-10-17(11-15-23)22-12-3-4-13-22/h1-9,12-13,17H,10-11,14-15H2,(H,21,24). The summed E-state index contributed by atoms with van der Waals surface area (Å²) in [6.45, 7) is 1.58. The van der Waals surface area contributed by atoms with Crippen LogP contribution in [0.2, 0.25) is 0 Å². The van der Waals surface area contributed by atoms with E-state index in [0.29, 0.717) is 6.04 Å². The lowest BCUT2D eigenvalue weighted by atomic mass is 10.1. The molecule has 0 saturated carbocycles. The first-order valence-electron chi connectivity index (χ1n) is 8.47. The van der Waals surface area contributed by atoms with Crippen LogP contribution in [0.3, 0.4) is 0 Å². The van der Waals surface area contributed by atoms with E-state index < -0.39 is 0 Å². The average Bonchev–Trinajstić information content (AvgIpc) is 3.17. The van der Waals surface area contributed by atoms with Crippen LogP contribution in [0.15, 0.2) is 67.0 Å². The molecule has 1 N–H and O–H groups in total. The maximum Gasteiger partial charge on any atom is 0.321 e. The summed E-state index contributed by atoms with van der Waals surface area (Å²) in [5.41, 5.74) is 0.880. The van der Waals surface area contributed by atoms with E-state index in [9.17, 15) is 4.79 Å². The van der Waals surface area contributed by atoms with E-state index in [1.807, 2.05) is 35.2 Å². The largest absolute Gasteiger partial charge is 0.351 e. The van der Waals surface area contributed by atoms with Crippen molar-refractivity contribution in [2.24, 2.45) is 0 Å². The molecule has 4 nitrogen and oxygen atoms in total. The van der Waals surface area contributed by atoms with Crippen LogP contribution in [0.25, 0.3) is 10.8 Å². The Kier molecular flexibility index (Phi) is 3.95. The van der Waals surface area contributed by atoms with Gasteiger partial charge in [0.25, 0.3) is 0 Å². The molecule has 3 aromatic rings. The van der Waals surface area contributed by atoms with Crippen LogP contribution < -0.4 is 5.32 Å². The Hall–Kier alpha value is -2.75. The minimum absolute atomic E-state index is 0.00249. The molecule has 0 bridgehead atoms. The first kappa shape index (κ1) is 14.8. The van der Waals surface area contributed by atoms with E-state index in [0.717, 1.165) is 42.4 Å². The van der Waals surface area contributed by atoms with E-state index in [1.165, 1.54) is 0 Å². The van der Waals surface area contributed by atoms with Gasteiger partial charge in [0.2, 0.25) is 0 Å². The molecule has 122 valence electrons. The van der Waals surface area contributed by atoms with Gasteiger partial charge in [0.15, 0.2) is 0 Å². The van der Waals surface area contributed by atoms with Gasteiger partial charge in [-0.05, 0) is 36.4 Å². The summed E-state index contributed by atoms with van der Waals surface area (Å²) in [5, 5.41) is 5.30. The quantitative estimate of drug-likeness (QED) is 0.741. The predicted molar refractivity (Wildman–Crippen MR) is 97.2 cm³/mol. The smallest absolute Gasteiger partial charge is 0.321 e. The third kappa shape index (κ3) is 2.87. The van der Waals surface area contributed by atoms with Gasteiger partial charge in [-0.1, -0.05) is 36.4 Å². The summed E-state index contributed by atoms with van der Waals surface area (Å²) in [4.78, 5) is 14.5. The molecule has 4 heteroatoms. The number of nitrogens with zero attached hydrogens (tertiary/aromatic N) is 2. The Morgan fingerprint density at radius 1 is 0.917 bits per heavy atom. The normalized spacial score (nSPS) is 15.6. The van der Waals surface area contributed by atoms with E-state index in [4.69, 9.17) is 0 Å². The Morgan fingerprint density at radius 3 is 2.42 bits per heavy atom. The molecular weight excluding hydrogens is 298 g/mol. The van der Waals surface area contributed by atoms with Crippen LogP contribution >= 0.6 is 0 Å². The van der Waals surface area contributed by atoms with Crippen molar-refractivity contribution in [2.45, 2.75) is 18.9 Å². The Morgan fingerprint density at radius 2 is 1.62 bits per heavy atom. The molecule has 1 saturated heterocycles. The second-order valence-corrected chi connectivity index (χ2v) is 6.31. The first-order chi connectivity index (χ1) is 11.8. The zero-order valence-corrected chi connectivity index (χ0v) is 13.6. The van der Waals surface area contributed by atoms with Gasteiger partial charge in [-0.3, -0.25) is 0 Å². The highest BCUT2D eigenvalue weighted by molar-refractivity contribution is 6.01. The fraction of sp³-hybridized carbons (Fsp3) is 0.250. The molecule has 2 heterocycles. The molecule has 24 heavy (non-hydrogen) atoms. The van der Waals surface area contributed by atoms with Crippen molar-refractivity contribution in [1.29, 1.82) is 0 Å². The lowest BCUT2D eigenvalue weighted by Gasteiger charge is -2.32. The number of benzene rings is 2. The third-order valence-electron chi connectivity index (χ3n) is 4.83. The number of hydrogen-bond acceptors (Lipinski definition) is 1. The number of carbonyl (C=O) groups excluding carboxylic acids is 1. The van der Waals surface area contributed by atoms with Crippen LogP contribution in [-0.4, -0.2) is 28.6 Å². The summed E-state index contributed by atoms with van der Waals surface area (Å²) in [5.74, 6) is 0. The number of piperidine rings is 1. The highest BCUT2D eigenvalue weighted by atomic mass is 16.2. The summed E-state index contributed by atoms with van der Waals surface area (Å²) < 4.78 is 2.25. The number of nitrogens with one attached hydrogen (secondary N) is 1. The van der Waals surface area contributed by atoms with Gasteiger partial charge in [0, 0.05) is 36.9 Å². The van der Waals surface area contributed by atoms with Crippen molar-refractivity contribution < 1.29 is 4.79 Å². The number of amides is 2. The molecule has 2 amide bonds. The maximum atomic E-state index is 12.6. The maximum absolute atomic E-state index is 12.6. The number of hydrogen-bond donors (Lipinski definition) is 1. The van der Waals surface area contributed by atoms with Crippen molar-refractivity contribution >= 4 is 22.5 Å². The first-order valence-corrected chi connectivity index (χ1v) is 8.47. The zero-order chi connectivity index (χ0) is 16.4. The molecule has 0 unspecified atom stereocenters. The lowest BCUT2D eigenvalue weighted by molar-refractivity contribution is 0.184. The molecule has 0 aliphatic carbocycles. The van der Waals surface area contributed by atoms with Crippen molar-refractivity contribution in [1.82, 2.24) is 9.47 Å². The average molecular weight is 319 g/mol. The van der Waals surface area contributed by atoms with Gasteiger partial charge >= 0.3 is 6.03 Å². The van der Waals surface area contributed by atoms with Crippen LogP contribution in [0.5, 0.6) is 0 Å². The SMILES string of the molecule is O=C(Nc1cccc2ccccc12)N1CCC(n2cccc2)CC1. The Bertz CT molecular complexity index is 828. The summed E-state index contributed by atoms with van der Waals surface area (Å²) in [7, 11) is 0. The number of carbonyl (C=O) groups is 1. The molecule has 1 aromatic heterocycles. The number of rotatable bonds is 2. The van der Waals surface area contributed by atoms with Crippen molar-refractivity contribution in [3.05, 3.63) is 67.0 Å². The fourth-order valence-corrected chi connectivity index (χ4v) is 3.49. The lowest BCUT2D eigenvalue weighted by Crippen LogP contribution is -2.41. The Labute approximate surface area is 141 Å². The van der Waals surface area contributed by atoms with Gasteiger partial charge in [-0.15, -0.1) is 0 Å². The van der Waals surface area contributed by atoms with Crippen molar-refractivity contribution in [2.75, 3.05) is 18.4 Å². The molecule has 0 radical (unpaired) electrons. The number of urea groups is 1. The minimum atomic E-state index is -0.00249. The molecular formula is C20H21N3O. The number of fused-ring (bicyclic) bond motifs is 1.